The van der Waals surface area contributed by atoms with Crippen LogP contribution in [0.2, 0.25) is 0 Å². The lowest BCUT2D eigenvalue weighted by Crippen LogP contribution is -2.54. The summed E-state index contributed by atoms with van der Waals surface area (Å²) in [4.78, 5) is 26.0. The monoisotopic (exact) mass is 471 g/mol. The zero-order chi connectivity index (χ0) is 23.8. The van der Waals surface area contributed by atoms with E-state index >= 15 is 0 Å². The van der Waals surface area contributed by atoms with E-state index < -0.39 is 22.9 Å². The number of pyridine rings is 1. The molecule has 0 bridgehead atoms. The van der Waals surface area contributed by atoms with E-state index in [9.17, 15) is 19.1 Å². The summed E-state index contributed by atoms with van der Waals surface area (Å²) >= 11 is 0. The molecule has 2 heterocycles. The molecule has 0 aliphatic carbocycles. The zero-order valence-corrected chi connectivity index (χ0v) is 19.5. The number of para-hydroxylation sites is 1. The summed E-state index contributed by atoms with van der Waals surface area (Å²) in [5.74, 6) is -1.33. The lowest BCUT2D eigenvalue weighted by Gasteiger charge is -2.39. The Bertz CT molecular complexity index is 1110. The van der Waals surface area contributed by atoms with Crippen LogP contribution in [-0.4, -0.2) is 46.6 Å². The number of carbonyl (C=O) groups excluding carboxylic acids is 1. The van der Waals surface area contributed by atoms with Gasteiger partial charge in [0, 0.05) is 24.4 Å². The highest BCUT2D eigenvalue weighted by atomic mass is 31.0. The molecule has 174 valence electrons. The van der Waals surface area contributed by atoms with Gasteiger partial charge in [-0.2, -0.15) is 0 Å². The second kappa shape index (κ2) is 11.5. The summed E-state index contributed by atoms with van der Waals surface area (Å²) in [7, 11) is 2.54. The molecule has 3 aromatic rings. The van der Waals surface area contributed by atoms with Gasteiger partial charge in [0.25, 0.3) is 5.91 Å². The summed E-state index contributed by atoms with van der Waals surface area (Å²) in [6, 6.07) is 17.9. The summed E-state index contributed by atoms with van der Waals surface area (Å²) in [5.41, 5.74) is -0.120. The average molecular weight is 471 g/mol. The summed E-state index contributed by atoms with van der Waals surface area (Å²) in [6.07, 6.45) is 2.08. The molecule has 0 fully saturated rings. The van der Waals surface area contributed by atoms with E-state index in [4.69, 9.17) is 4.74 Å². The first-order valence-corrected chi connectivity index (χ1v) is 11.4. The van der Waals surface area contributed by atoms with Gasteiger partial charge in [-0.15, -0.1) is 9.24 Å². The standard InChI is InChI=1S/C18H21FN3O4P.C6H6/c1-2-26-17-12(4-3-5-13(17)19)10-21-11-20(8-9-27)18(25)15-16(24)14(23)6-7-22(15)21;1-2-4-6-5-3-1/h3-7,24H,2,8-11,27H2,1H3;1-6H. The number of rotatable bonds is 6. The van der Waals surface area contributed by atoms with Gasteiger partial charge in [0.05, 0.1) is 13.2 Å². The van der Waals surface area contributed by atoms with E-state index in [2.05, 4.69) is 9.24 Å². The first-order valence-electron chi connectivity index (χ1n) is 10.6. The molecule has 0 saturated heterocycles. The minimum Gasteiger partial charge on any atom is -0.502 e. The summed E-state index contributed by atoms with van der Waals surface area (Å²) < 4.78 is 21.0. The molecule has 0 saturated carbocycles. The van der Waals surface area contributed by atoms with Crippen molar-refractivity contribution in [1.29, 1.82) is 0 Å². The molecule has 1 aromatic heterocycles. The number of aromatic nitrogens is 1. The number of aromatic hydroxyl groups is 1. The quantitative estimate of drug-likeness (QED) is 0.559. The maximum absolute atomic E-state index is 14.2. The number of hydrogen-bond acceptors (Lipinski definition) is 5. The molecular formula is C24H27FN3O4P. The molecule has 0 radical (unpaired) electrons. The Morgan fingerprint density at radius 3 is 2.33 bits per heavy atom. The Morgan fingerprint density at radius 1 is 1.06 bits per heavy atom. The molecule has 0 spiro atoms. The van der Waals surface area contributed by atoms with Crippen LogP contribution in [0, 0.1) is 5.82 Å². The van der Waals surface area contributed by atoms with E-state index in [0.29, 0.717) is 24.9 Å². The van der Waals surface area contributed by atoms with Crippen molar-refractivity contribution >= 4 is 15.1 Å². The van der Waals surface area contributed by atoms with Gasteiger partial charge in [-0.05, 0) is 19.2 Å². The first-order chi connectivity index (χ1) is 16.0. The SMILES string of the molecule is CCOc1c(F)cccc1CN1CN(CCP)C(=O)c2c(O)c(=O)ccn21.c1ccccc1. The highest BCUT2D eigenvalue weighted by molar-refractivity contribution is 7.16. The van der Waals surface area contributed by atoms with Gasteiger partial charge in [-0.3, -0.25) is 19.3 Å². The maximum Gasteiger partial charge on any atom is 0.277 e. The van der Waals surface area contributed by atoms with E-state index in [-0.39, 0.29) is 24.7 Å². The van der Waals surface area contributed by atoms with Crippen LogP contribution in [-0.2, 0) is 6.54 Å². The predicted octanol–water partition coefficient (Wildman–Crippen LogP) is 3.20. The third kappa shape index (κ3) is 5.71. The molecule has 1 aliphatic rings. The molecule has 1 atom stereocenters. The summed E-state index contributed by atoms with van der Waals surface area (Å²) in [6.45, 7) is 2.97. The Hall–Kier alpha value is -3.38. The molecule has 7 nitrogen and oxygen atoms in total. The minimum atomic E-state index is -0.622. The number of carbonyl (C=O) groups is 1. The normalized spacial score (nSPS) is 12.6. The Morgan fingerprint density at radius 2 is 1.73 bits per heavy atom. The second-order valence-corrected chi connectivity index (χ2v) is 7.78. The van der Waals surface area contributed by atoms with Crippen molar-refractivity contribution < 1.29 is 19.0 Å². The Balaban J connectivity index is 0.000000442. The molecule has 9 heteroatoms. The van der Waals surface area contributed by atoms with Crippen LogP contribution in [0.3, 0.4) is 0 Å². The maximum atomic E-state index is 14.2. The van der Waals surface area contributed by atoms with Crippen molar-refractivity contribution in [3.8, 4) is 11.5 Å². The Labute approximate surface area is 194 Å². The van der Waals surface area contributed by atoms with Crippen molar-refractivity contribution in [3.05, 3.63) is 94.2 Å². The van der Waals surface area contributed by atoms with Crippen molar-refractivity contribution in [2.75, 3.05) is 31.0 Å². The third-order valence-corrected chi connectivity index (χ3v) is 5.20. The van der Waals surface area contributed by atoms with E-state index in [0.717, 1.165) is 0 Å². The van der Waals surface area contributed by atoms with E-state index in [1.54, 1.807) is 24.1 Å². The van der Waals surface area contributed by atoms with Gasteiger partial charge in [-0.1, -0.05) is 48.5 Å². The predicted molar refractivity (Wildman–Crippen MR) is 129 cm³/mol. The molecule has 2 aromatic carbocycles. The minimum absolute atomic E-state index is 0.0958. The van der Waals surface area contributed by atoms with Crippen LogP contribution in [0.25, 0.3) is 0 Å². The van der Waals surface area contributed by atoms with E-state index in [1.165, 1.54) is 27.9 Å². The highest BCUT2D eigenvalue weighted by Crippen LogP contribution is 2.26. The molecule has 1 unspecified atom stereocenters. The average Bonchev–Trinajstić information content (AvgIpc) is 2.82. The van der Waals surface area contributed by atoms with Crippen LogP contribution >= 0.6 is 9.24 Å². The lowest BCUT2D eigenvalue weighted by atomic mass is 10.2. The van der Waals surface area contributed by atoms with Crippen LogP contribution in [0.4, 0.5) is 4.39 Å². The largest absolute Gasteiger partial charge is 0.502 e. The fourth-order valence-corrected chi connectivity index (χ4v) is 3.76. The van der Waals surface area contributed by atoms with Crippen LogP contribution in [0.5, 0.6) is 11.5 Å². The van der Waals surface area contributed by atoms with Crippen LogP contribution in [0.1, 0.15) is 23.0 Å². The number of amides is 1. The highest BCUT2D eigenvalue weighted by Gasteiger charge is 2.32. The molecular weight excluding hydrogens is 444 g/mol. The molecule has 1 amide bonds. The summed E-state index contributed by atoms with van der Waals surface area (Å²) in [5, 5.41) is 11.9. The van der Waals surface area contributed by atoms with Gasteiger partial charge in [0.1, 0.15) is 6.67 Å². The fraction of sp³-hybridized carbons (Fsp3) is 0.250. The van der Waals surface area contributed by atoms with Gasteiger partial charge in [-0.25, -0.2) is 4.39 Å². The van der Waals surface area contributed by atoms with Gasteiger partial charge >= 0.3 is 0 Å². The number of halogens is 1. The number of benzene rings is 2. The first kappa shape index (κ1) is 24.3. The van der Waals surface area contributed by atoms with Crippen molar-refractivity contribution in [2.45, 2.75) is 13.5 Å². The van der Waals surface area contributed by atoms with Gasteiger partial charge in [0.15, 0.2) is 23.0 Å². The van der Waals surface area contributed by atoms with Crippen molar-refractivity contribution in [3.63, 3.8) is 0 Å². The third-order valence-electron chi connectivity index (χ3n) is 4.94. The van der Waals surface area contributed by atoms with Gasteiger partial charge in [0.2, 0.25) is 5.43 Å². The smallest absolute Gasteiger partial charge is 0.277 e. The Kier molecular flexibility index (Phi) is 8.44. The topological polar surface area (TPSA) is 75.0 Å². The van der Waals surface area contributed by atoms with Crippen LogP contribution < -0.4 is 15.2 Å². The number of nitrogens with zero attached hydrogens (tertiary/aromatic N) is 3. The number of hydrogen-bond donors (Lipinski definition) is 1. The molecule has 1 N–H and O–H groups in total. The fourth-order valence-electron chi connectivity index (χ4n) is 3.45. The molecule has 4 rings (SSSR count). The zero-order valence-electron chi connectivity index (χ0n) is 18.4. The van der Waals surface area contributed by atoms with Crippen molar-refractivity contribution in [1.82, 2.24) is 9.58 Å². The lowest BCUT2D eigenvalue weighted by molar-refractivity contribution is 0.0697. The number of ether oxygens (including phenoxy) is 1. The van der Waals surface area contributed by atoms with Gasteiger partial charge < -0.3 is 14.7 Å². The van der Waals surface area contributed by atoms with Crippen molar-refractivity contribution in [2.24, 2.45) is 0 Å². The molecule has 33 heavy (non-hydrogen) atoms. The number of fused-ring (bicyclic) bond motifs is 1. The van der Waals surface area contributed by atoms with Crippen LogP contribution in [0.15, 0.2) is 71.7 Å². The molecule has 1 aliphatic heterocycles. The van der Waals surface area contributed by atoms with E-state index in [1.807, 2.05) is 36.4 Å². The second-order valence-electron chi connectivity index (χ2n) is 7.20.